The van der Waals surface area contributed by atoms with Gasteiger partial charge in [0, 0.05) is 30.9 Å². The second-order valence-corrected chi connectivity index (χ2v) is 5.96. The zero-order chi connectivity index (χ0) is 13.2. The molecule has 2 aliphatic heterocycles. The van der Waals surface area contributed by atoms with Crippen LogP contribution >= 0.6 is 0 Å². The van der Waals surface area contributed by atoms with Crippen LogP contribution in [0.3, 0.4) is 0 Å². The number of para-hydroxylation sites is 1. The molecule has 3 nitrogen and oxygen atoms in total. The predicted molar refractivity (Wildman–Crippen MR) is 80.6 cm³/mol. The van der Waals surface area contributed by atoms with Gasteiger partial charge in [0.1, 0.15) is 0 Å². The average molecular weight is 259 g/mol. The Balaban J connectivity index is 1.84. The minimum atomic E-state index is 0.605. The SMILES string of the molecule is CC1CN2CCCC2CN1c1ccccc1CCN. The maximum atomic E-state index is 5.75. The first-order chi connectivity index (χ1) is 9.29. The standard InChI is InChI=1S/C16H25N3/c1-13-11-18-10-4-6-15(18)12-19(13)16-7-3-2-5-14(16)8-9-17/h2-3,5,7,13,15H,4,6,8-12,17H2,1H3. The fourth-order valence-electron chi connectivity index (χ4n) is 3.68. The summed E-state index contributed by atoms with van der Waals surface area (Å²) in [5, 5.41) is 0. The third-order valence-corrected chi connectivity index (χ3v) is 4.65. The summed E-state index contributed by atoms with van der Waals surface area (Å²) in [6.45, 7) is 6.78. The Bertz CT molecular complexity index is 432. The Morgan fingerprint density at radius 2 is 2.11 bits per heavy atom. The van der Waals surface area contributed by atoms with E-state index in [0.29, 0.717) is 6.04 Å². The van der Waals surface area contributed by atoms with E-state index in [4.69, 9.17) is 5.73 Å². The van der Waals surface area contributed by atoms with Crippen LogP contribution in [0.2, 0.25) is 0 Å². The van der Waals surface area contributed by atoms with Crippen molar-refractivity contribution in [3.05, 3.63) is 29.8 Å². The molecule has 104 valence electrons. The summed E-state index contributed by atoms with van der Waals surface area (Å²) in [4.78, 5) is 5.28. The van der Waals surface area contributed by atoms with Gasteiger partial charge in [-0.15, -0.1) is 0 Å². The first-order valence-corrected chi connectivity index (χ1v) is 7.58. The molecule has 0 spiro atoms. The van der Waals surface area contributed by atoms with Gasteiger partial charge in [-0.1, -0.05) is 18.2 Å². The van der Waals surface area contributed by atoms with Crippen molar-refractivity contribution in [3.8, 4) is 0 Å². The van der Waals surface area contributed by atoms with Crippen LogP contribution in [0.1, 0.15) is 25.3 Å². The first kappa shape index (κ1) is 12.9. The topological polar surface area (TPSA) is 32.5 Å². The largest absolute Gasteiger partial charge is 0.366 e. The Labute approximate surface area is 116 Å². The molecule has 2 heterocycles. The van der Waals surface area contributed by atoms with E-state index in [-0.39, 0.29) is 0 Å². The summed E-state index contributed by atoms with van der Waals surface area (Å²) in [6, 6.07) is 10.2. The van der Waals surface area contributed by atoms with Gasteiger partial charge in [-0.05, 0) is 50.9 Å². The summed E-state index contributed by atoms with van der Waals surface area (Å²) >= 11 is 0. The van der Waals surface area contributed by atoms with Crippen LogP contribution in [-0.2, 0) is 6.42 Å². The summed E-state index contributed by atoms with van der Waals surface area (Å²) in [5.74, 6) is 0. The summed E-state index contributed by atoms with van der Waals surface area (Å²) in [7, 11) is 0. The maximum absolute atomic E-state index is 5.75. The number of piperazine rings is 1. The van der Waals surface area contributed by atoms with E-state index in [2.05, 4.69) is 41.0 Å². The molecule has 0 aliphatic carbocycles. The third kappa shape index (κ3) is 2.49. The van der Waals surface area contributed by atoms with E-state index in [1.165, 1.54) is 43.7 Å². The molecule has 1 aromatic rings. The number of anilines is 1. The monoisotopic (exact) mass is 259 g/mol. The highest BCUT2D eigenvalue weighted by atomic mass is 15.3. The molecule has 2 fully saturated rings. The van der Waals surface area contributed by atoms with Crippen LogP contribution in [0.4, 0.5) is 5.69 Å². The second kappa shape index (κ2) is 5.51. The van der Waals surface area contributed by atoms with Crippen molar-refractivity contribution in [3.63, 3.8) is 0 Å². The molecule has 0 bridgehead atoms. The van der Waals surface area contributed by atoms with Crippen LogP contribution in [0.25, 0.3) is 0 Å². The smallest absolute Gasteiger partial charge is 0.0402 e. The molecule has 2 unspecified atom stereocenters. The van der Waals surface area contributed by atoms with Crippen molar-refractivity contribution in [1.29, 1.82) is 0 Å². The van der Waals surface area contributed by atoms with Crippen molar-refractivity contribution in [1.82, 2.24) is 4.90 Å². The first-order valence-electron chi connectivity index (χ1n) is 7.58. The Morgan fingerprint density at radius 1 is 1.26 bits per heavy atom. The number of fused-ring (bicyclic) bond motifs is 1. The van der Waals surface area contributed by atoms with Crippen LogP contribution in [0, 0.1) is 0 Å². The minimum Gasteiger partial charge on any atom is -0.366 e. The van der Waals surface area contributed by atoms with E-state index in [1.807, 2.05) is 0 Å². The number of nitrogens with two attached hydrogens (primary N) is 1. The molecule has 3 heteroatoms. The zero-order valence-electron chi connectivity index (χ0n) is 11.9. The summed E-state index contributed by atoms with van der Waals surface area (Å²) in [5.41, 5.74) is 8.57. The van der Waals surface area contributed by atoms with Gasteiger partial charge in [-0.2, -0.15) is 0 Å². The van der Waals surface area contributed by atoms with E-state index < -0.39 is 0 Å². The molecule has 0 saturated carbocycles. The lowest BCUT2D eigenvalue weighted by atomic mass is 10.0. The quantitative estimate of drug-likeness (QED) is 0.899. The van der Waals surface area contributed by atoms with Gasteiger partial charge in [0.15, 0.2) is 0 Å². The Morgan fingerprint density at radius 3 is 2.95 bits per heavy atom. The normalized spacial score (nSPS) is 27.6. The van der Waals surface area contributed by atoms with Crippen molar-refractivity contribution < 1.29 is 0 Å². The molecule has 3 rings (SSSR count). The number of rotatable bonds is 3. The molecule has 0 radical (unpaired) electrons. The zero-order valence-corrected chi connectivity index (χ0v) is 11.9. The Kier molecular flexibility index (Phi) is 3.76. The van der Waals surface area contributed by atoms with Crippen LogP contribution < -0.4 is 10.6 Å². The van der Waals surface area contributed by atoms with E-state index in [0.717, 1.165) is 19.0 Å². The van der Waals surface area contributed by atoms with Gasteiger partial charge in [0.2, 0.25) is 0 Å². The molecule has 0 aromatic heterocycles. The van der Waals surface area contributed by atoms with Gasteiger partial charge in [-0.3, -0.25) is 4.90 Å². The minimum absolute atomic E-state index is 0.605. The molecule has 2 aliphatic rings. The van der Waals surface area contributed by atoms with Gasteiger partial charge in [0.05, 0.1) is 0 Å². The number of nitrogens with zero attached hydrogens (tertiary/aromatic N) is 2. The molecule has 0 amide bonds. The predicted octanol–water partition coefficient (Wildman–Crippen LogP) is 1.86. The summed E-state index contributed by atoms with van der Waals surface area (Å²) in [6.07, 6.45) is 3.71. The van der Waals surface area contributed by atoms with Crippen LogP contribution in [0.5, 0.6) is 0 Å². The van der Waals surface area contributed by atoms with Gasteiger partial charge in [-0.25, -0.2) is 0 Å². The molecule has 19 heavy (non-hydrogen) atoms. The van der Waals surface area contributed by atoms with E-state index in [1.54, 1.807) is 0 Å². The number of hydrogen-bond acceptors (Lipinski definition) is 3. The highest BCUT2D eigenvalue weighted by Crippen LogP contribution is 2.30. The molecule has 2 atom stereocenters. The lowest BCUT2D eigenvalue weighted by Gasteiger charge is -2.44. The van der Waals surface area contributed by atoms with Crippen molar-refractivity contribution >= 4 is 5.69 Å². The molecule has 2 N–H and O–H groups in total. The third-order valence-electron chi connectivity index (χ3n) is 4.65. The average Bonchev–Trinajstić information content (AvgIpc) is 2.86. The molecule has 2 saturated heterocycles. The van der Waals surface area contributed by atoms with Crippen LogP contribution in [-0.4, -0.2) is 43.2 Å². The van der Waals surface area contributed by atoms with Gasteiger partial charge >= 0.3 is 0 Å². The van der Waals surface area contributed by atoms with Gasteiger partial charge < -0.3 is 10.6 Å². The highest BCUT2D eigenvalue weighted by molar-refractivity contribution is 5.55. The fraction of sp³-hybridized carbons (Fsp3) is 0.625. The second-order valence-electron chi connectivity index (χ2n) is 5.96. The number of hydrogen-bond donors (Lipinski definition) is 1. The summed E-state index contributed by atoms with van der Waals surface area (Å²) < 4.78 is 0. The van der Waals surface area contributed by atoms with E-state index >= 15 is 0 Å². The molecular formula is C16H25N3. The Hall–Kier alpha value is -1.06. The molecule has 1 aromatic carbocycles. The lowest BCUT2D eigenvalue weighted by molar-refractivity contribution is 0.203. The van der Waals surface area contributed by atoms with Crippen molar-refractivity contribution in [2.24, 2.45) is 5.73 Å². The fourth-order valence-corrected chi connectivity index (χ4v) is 3.68. The van der Waals surface area contributed by atoms with Crippen LogP contribution in [0.15, 0.2) is 24.3 Å². The molecular weight excluding hydrogens is 234 g/mol. The van der Waals surface area contributed by atoms with Crippen molar-refractivity contribution in [2.75, 3.05) is 31.1 Å². The van der Waals surface area contributed by atoms with E-state index in [9.17, 15) is 0 Å². The highest BCUT2D eigenvalue weighted by Gasteiger charge is 2.34. The van der Waals surface area contributed by atoms with Crippen molar-refractivity contribution in [2.45, 2.75) is 38.3 Å². The maximum Gasteiger partial charge on any atom is 0.0402 e. The number of benzene rings is 1. The lowest BCUT2D eigenvalue weighted by Crippen LogP contribution is -2.55. The van der Waals surface area contributed by atoms with Gasteiger partial charge in [0.25, 0.3) is 0 Å².